The smallest absolute Gasteiger partial charge is 0.267 e. The van der Waals surface area contributed by atoms with Gasteiger partial charge in [-0.05, 0) is 18.8 Å². The van der Waals surface area contributed by atoms with Gasteiger partial charge in [-0.25, -0.2) is 0 Å². The average molecular weight is 252 g/mol. The van der Waals surface area contributed by atoms with Gasteiger partial charge in [0.25, 0.3) is 5.56 Å². The minimum absolute atomic E-state index is 0.0110. The lowest BCUT2D eigenvalue weighted by Gasteiger charge is -2.23. The summed E-state index contributed by atoms with van der Waals surface area (Å²) >= 11 is 0. The van der Waals surface area contributed by atoms with Crippen molar-refractivity contribution in [1.29, 1.82) is 0 Å². The van der Waals surface area contributed by atoms with Crippen molar-refractivity contribution in [2.75, 3.05) is 0 Å². The molecule has 18 heavy (non-hydrogen) atoms. The van der Waals surface area contributed by atoms with Gasteiger partial charge in [0.1, 0.15) is 0 Å². The Morgan fingerprint density at radius 2 is 1.89 bits per heavy atom. The molecule has 0 aliphatic rings. The summed E-state index contributed by atoms with van der Waals surface area (Å²) in [6.07, 6.45) is 3.11. The van der Waals surface area contributed by atoms with Crippen LogP contribution in [-0.4, -0.2) is 9.78 Å². The third kappa shape index (κ3) is 3.50. The highest BCUT2D eigenvalue weighted by atomic mass is 16.1. The summed E-state index contributed by atoms with van der Waals surface area (Å²) in [5, 5.41) is 3.02. The molecule has 0 atom stereocenters. The van der Waals surface area contributed by atoms with Gasteiger partial charge in [0.15, 0.2) is 0 Å². The van der Waals surface area contributed by atoms with E-state index in [1.54, 1.807) is 0 Å². The van der Waals surface area contributed by atoms with Gasteiger partial charge in [0.05, 0.1) is 0 Å². The largest absolute Gasteiger partial charge is 0.288 e. The number of aromatic amines is 1. The van der Waals surface area contributed by atoms with Crippen LogP contribution < -0.4 is 5.56 Å². The molecule has 0 aliphatic heterocycles. The zero-order valence-corrected chi connectivity index (χ0v) is 12.8. The van der Waals surface area contributed by atoms with Crippen LogP contribution in [-0.2, 0) is 18.4 Å². The molecule has 0 bridgehead atoms. The van der Waals surface area contributed by atoms with Crippen LogP contribution >= 0.6 is 0 Å². The van der Waals surface area contributed by atoms with E-state index in [2.05, 4.69) is 51.3 Å². The van der Waals surface area contributed by atoms with Gasteiger partial charge >= 0.3 is 0 Å². The van der Waals surface area contributed by atoms with Crippen molar-refractivity contribution in [2.24, 2.45) is 5.92 Å². The summed E-state index contributed by atoms with van der Waals surface area (Å²) in [7, 11) is 0. The van der Waals surface area contributed by atoms with Gasteiger partial charge in [0.2, 0.25) is 0 Å². The summed E-state index contributed by atoms with van der Waals surface area (Å²) in [5.74, 6) is 0.509. The Kier molecular flexibility index (Phi) is 4.83. The van der Waals surface area contributed by atoms with E-state index >= 15 is 0 Å². The molecule has 0 fully saturated rings. The third-order valence-corrected chi connectivity index (χ3v) is 3.12. The number of rotatable bonds is 5. The first-order valence-electron chi connectivity index (χ1n) is 7.09. The van der Waals surface area contributed by atoms with Crippen LogP contribution in [0.5, 0.6) is 0 Å². The van der Waals surface area contributed by atoms with Crippen molar-refractivity contribution >= 4 is 0 Å². The maximum atomic E-state index is 12.1. The standard InChI is InChI=1S/C15H28N2O/c1-7-8-9-17-13(15(4,5)6)12(10-11(2)3)14(18)16-17/h11H,7-10H2,1-6H3,(H,16,18). The molecular formula is C15H28N2O. The lowest BCUT2D eigenvalue weighted by Crippen LogP contribution is -2.21. The second-order valence-corrected chi connectivity index (χ2v) is 6.62. The second kappa shape index (κ2) is 5.77. The predicted octanol–water partition coefficient (Wildman–Crippen LogP) is 3.47. The average Bonchev–Trinajstić information content (AvgIpc) is 2.51. The normalized spacial score (nSPS) is 12.4. The van der Waals surface area contributed by atoms with Crippen molar-refractivity contribution in [2.45, 2.75) is 72.8 Å². The number of aryl methyl sites for hydroxylation is 1. The maximum Gasteiger partial charge on any atom is 0.267 e. The summed E-state index contributed by atoms with van der Waals surface area (Å²) in [6.45, 7) is 14.0. The number of nitrogens with zero attached hydrogens (tertiary/aromatic N) is 1. The number of unbranched alkanes of at least 4 members (excludes halogenated alkanes) is 1. The van der Waals surface area contributed by atoms with Gasteiger partial charge in [-0.15, -0.1) is 0 Å². The van der Waals surface area contributed by atoms with Gasteiger partial charge in [0, 0.05) is 23.2 Å². The number of hydrogen-bond acceptors (Lipinski definition) is 1. The third-order valence-electron chi connectivity index (χ3n) is 3.12. The second-order valence-electron chi connectivity index (χ2n) is 6.62. The zero-order chi connectivity index (χ0) is 13.9. The van der Waals surface area contributed by atoms with Crippen LogP contribution in [0, 0.1) is 5.92 Å². The van der Waals surface area contributed by atoms with Gasteiger partial charge < -0.3 is 0 Å². The number of nitrogens with one attached hydrogen (secondary N) is 1. The van der Waals surface area contributed by atoms with Crippen LogP contribution in [0.2, 0.25) is 0 Å². The topological polar surface area (TPSA) is 37.8 Å². The Morgan fingerprint density at radius 3 is 2.33 bits per heavy atom. The Bertz CT molecular complexity index is 432. The molecule has 0 aliphatic carbocycles. The Hall–Kier alpha value is -0.990. The first-order valence-corrected chi connectivity index (χ1v) is 7.09. The SMILES string of the molecule is CCCCn1[nH]c(=O)c(CC(C)C)c1C(C)(C)C. The van der Waals surface area contributed by atoms with Crippen LogP contribution in [0.1, 0.15) is 65.6 Å². The van der Waals surface area contributed by atoms with Crippen LogP contribution in [0.3, 0.4) is 0 Å². The molecule has 3 heteroatoms. The van der Waals surface area contributed by atoms with Crippen molar-refractivity contribution in [1.82, 2.24) is 9.78 Å². The first kappa shape index (κ1) is 15.1. The molecule has 1 aromatic heterocycles. The number of aromatic nitrogens is 2. The highest BCUT2D eigenvalue weighted by Crippen LogP contribution is 2.25. The molecule has 1 heterocycles. The highest BCUT2D eigenvalue weighted by molar-refractivity contribution is 5.25. The fourth-order valence-electron chi connectivity index (χ4n) is 2.46. The van der Waals surface area contributed by atoms with E-state index in [-0.39, 0.29) is 11.0 Å². The molecule has 3 nitrogen and oxygen atoms in total. The van der Waals surface area contributed by atoms with E-state index in [0.29, 0.717) is 5.92 Å². The highest BCUT2D eigenvalue weighted by Gasteiger charge is 2.25. The molecule has 0 unspecified atom stereocenters. The molecule has 1 N–H and O–H groups in total. The fraction of sp³-hybridized carbons (Fsp3) is 0.800. The molecule has 0 saturated carbocycles. The number of H-pyrrole nitrogens is 1. The monoisotopic (exact) mass is 252 g/mol. The van der Waals surface area contributed by atoms with E-state index in [1.165, 1.54) is 5.69 Å². The summed E-state index contributed by atoms with van der Waals surface area (Å²) in [6, 6.07) is 0. The molecular weight excluding hydrogens is 224 g/mol. The summed E-state index contributed by atoms with van der Waals surface area (Å²) < 4.78 is 2.07. The van der Waals surface area contributed by atoms with E-state index < -0.39 is 0 Å². The van der Waals surface area contributed by atoms with Crippen LogP contribution in [0.15, 0.2) is 4.79 Å². The minimum Gasteiger partial charge on any atom is -0.288 e. The molecule has 1 rings (SSSR count). The van der Waals surface area contributed by atoms with Gasteiger partial charge in [-0.1, -0.05) is 48.0 Å². The molecule has 0 saturated heterocycles. The lowest BCUT2D eigenvalue weighted by molar-refractivity contribution is 0.465. The molecule has 0 aromatic carbocycles. The van der Waals surface area contributed by atoms with E-state index in [9.17, 15) is 4.79 Å². The van der Waals surface area contributed by atoms with Crippen molar-refractivity contribution in [3.05, 3.63) is 21.6 Å². The fourth-order valence-corrected chi connectivity index (χ4v) is 2.46. The van der Waals surface area contributed by atoms with Crippen molar-refractivity contribution in [3.63, 3.8) is 0 Å². The van der Waals surface area contributed by atoms with E-state index in [1.807, 2.05) is 0 Å². The summed E-state index contributed by atoms with van der Waals surface area (Å²) in [4.78, 5) is 12.1. The van der Waals surface area contributed by atoms with E-state index in [4.69, 9.17) is 0 Å². The first-order chi connectivity index (χ1) is 8.27. The Balaban J connectivity index is 3.24. The van der Waals surface area contributed by atoms with Crippen molar-refractivity contribution < 1.29 is 0 Å². The Morgan fingerprint density at radius 1 is 1.28 bits per heavy atom. The molecule has 0 amide bonds. The van der Waals surface area contributed by atoms with E-state index in [0.717, 1.165) is 31.4 Å². The summed E-state index contributed by atoms with van der Waals surface area (Å²) in [5.41, 5.74) is 2.28. The molecule has 1 aromatic rings. The molecule has 104 valence electrons. The van der Waals surface area contributed by atoms with Gasteiger partial charge in [-0.2, -0.15) is 0 Å². The van der Waals surface area contributed by atoms with Crippen LogP contribution in [0.4, 0.5) is 0 Å². The zero-order valence-electron chi connectivity index (χ0n) is 12.8. The molecule has 0 spiro atoms. The predicted molar refractivity (Wildman–Crippen MR) is 77.2 cm³/mol. The minimum atomic E-state index is 0.0110. The van der Waals surface area contributed by atoms with Crippen molar-refractivity contribution in [3.8, 4) is 0 Å². The van der Waals surface area contributed by atoms with Crippen LogP contribution in [0.25, 0.3) is 0 Å². The molecule has 0 radical (unpaired) electrons. The Labute approximate surface area is 111 Å². The quantitative estimate of drug-likeness (QED) is 0.856. The maximum absolute atomic E-state index is 12.1. The number of hydrogen-bond donors (Lipinski definition) is 1. The lowest BCUT2D eigenvalue weighted by atomic mass is 9.87. The van der Waals surface area contributed by atoms with Gasteiger partial charge in [-0.3, -0.25) is 14.6 Å².